The maximum Gasteiger partial charge on any atom is 0.310 e. The van der Waals surface area contributed by atoms with Crippen LogP contribution in [0, 0.1) is 11.8 Å². The number of hydrogen-bond donors (Lipinski definition) is 1. The highest BCUT2D eigenvalue weighted by Gasteiger charge is 2.36. The summed E-state index contributed by atoms with van der Waals surface area (Å²) in [6.45, 7) is 11.5. The van der Waals surface area contributed by atoms with Crippen LogP contribution in [-0.4, -0.2) is 74.8 Å². The molecule has 0 saturated carbocycles. The number of methoxy groups -OCH3 is 1. The van der Waals surface area contributed by atoms with Gasteiger partial charge in [0.2, 0.25) is 0 Å². The molecule has 0 aliphatic carbocycles. The van der Waals surface area contributed by atoms with Crippen molar-refractivity contribution in [3.63, 3.8) is 0 Å². The summed E-state index contributed by atoms with van der Waals surface area (Å²) >= 11 is 0. The van der Waals surface area contributed by atoms with Crippen LogP contribution < -0.4 is 5.32 Å². The lowest BCUT2D eigenvalue weighted by Crippen LogP contribution is -2.40. The standard InChI is InChI=1S/C22H34N4O3/c1-4-23-22(26-14-17(2)20(16-26)21(27)28-3)24-13-18-7-5-6-8-19(18)15-25-9-11-29-12-10-25/h5-8,17,20H,4,9-16H2,1-3H3,(H,23,24). The number of rotatable bonds is 6. The fourth-order valence-corrected chi connectivity index (χ4v) is 4.05. The van der Waals surface area contributed by atoms with Crippen molar-refractivity contribution >= 4 is 11.9 Å². The van der Waals surface area contributed by atoms with Gasteiger partial charge in [-0.25, -0.2) is 4.99 Å². The van der Waals surface area contributed by atoms with Crippen molar-refractivity contribution in [1.29, 1.82) is 0 Å². The van der Waals surface area contributed by atoms with E-state index in [9.17, 15) is 4.79 Å². The number of guanidine groups is 1. The Morgan fingerprint density at radius 1 is 1.24 bits per heavy atom. The Kier molecular flexibility index (Phi) is 7.89. The number of esters is 1. The molecule has 0 spiro atoms. The zero-order chi connectivity index (χ0) is 20.6. The second-order valence-electron chi connectivity index (χ2n) is 7.84. The van der Waals surface area contributed by atoms with Crippen LogP contribution in [-0.2, 0) is 27.4 Å². The number of ether oxygens (including phenoxy) is 2. The van der Waals surface area contributed by atoms with Crippen molar-refractivity contribution in [2.75, 3.05) is 53.0 Å². The van der Waals surface area contributed by atoms with Gasteiger partial charge in [0.15, 0.2) is 5.96 Å². The van der Waals surface area contributed by atoms with E-state index in [1.807, 2.05) is 0 Å². The molecule has 2 heterocycles. The molecule has 2 atom stereocenters. The number of hydrogen-bond acceptors (Lipinski definition) is 5. The molecular weight excluding hydrogens is 368 g/mol. The van der Waals surface area contributed by atoms with Crippen LogP contribution in [0.5, 0.6) is 0 Å². The monoisotopic (exact) mass is 402 g/mol. The van der Waals surface area contributed by atoms with E-state index in [1.54, 1.807) is 0 Å². The molecule has 0 radical (unpaired) electrons. The number of carbonyl (C=O) groups excluding carboxylic acids is 1. The molecule has 1 aromatic carbocycles. The maximum absolute atomic E-state index is 12.0. The third kappa shape index (κ3) is 5.70. The molecule has 2 unspecified atom stereocenters. The number of benzene rings is 1. The highest BCUT2D eigenvalue weighted by Crippen LogP contribution is 2.24. The average molecular weight is 403 g/mol. The number of carbonyl (C=O) groups is 1. The molecule has 0 amide bonds. The minimum Gasteiger partial charge on any atom is -0.469 e. The second kappa shape index (κ2) is 10.6. The quantitative estimate of drug-likeness (QED) is 0.444. The Balaban J connectivity index is 1.70. The number of likely N-dealkylation sites (tertiary alicyclic amines) is 1. The van der Waals surface area contributed by atoms with E-state index >= 15 is 0 Å². The van der Waals surface area contributed by atoms with Crippen LogP contribution in [0.15, 0.2) is 29.3 Å². The predicted molar refractivity (Wildman–Crippen MR) is 114 cm³/mol. The lowest BCUT2D eigenvalue weighted by Gasteiger charge is -2.27. The first kappa shape index (κ1) is 21.6. The molecule has 2 aliphatic rings. The molecule has 160 valence electrons. The molecule has 0 aromatic heterocycles. The Morgan fingerprint density at radius 3 is 2.66 bits per heavy atom. The van der Waals surface area contributed by atoms with Gasteiger partial charge < -0.3 is 19.7 Å². The van der Waals surface area contributed by atoms with Gasteiger partial charge in [0, 0.05) is 39.3 Å². The summed E-state index contributed by atoms with van der Waals surface area (Å²) in [6.07, 6.45) is 0. The van der Waals surface area contributed by atoms with E-state index in [0.717, 1.165) is 51.9 Å². The lowest BCUT2D eigenvalue weighted by atomic mass is 9.99. The van der Waals surface area contributed by atoms with Crippen LogP contribution in [0.1, 0.15) is 25.0 Å². The molecule has 2 saturated heterocycles. The molecule has 2 fully saturated rings. The summed E-state index contributed by atoms with van der Waals surface area (Å²) in [5.74, 6) is 0.885. The van der Waals surface area contributed by atoms with Gasteiger partial charge in [0.1, 0.15) is 0 Å². The number of aliphatic imine (C=N–C) groups is 1. The van der Waals surface area contributed by atoms with Gasteiger partial charge in [-0.15, -0.1) is 0 Å². The smallest absolute Gasteiger partial charge is 0.310 e. The summed E-state index contributed by atoms with van der Waals surface area (Å²) < 4.78 is 10.4. The SMILES string of the molecule is CCNC(=NCc1ccccc1CN1CCOCC1)N1CC(C)C(C(=O)OC)C1. The third-order valence-electron chi connectivity index (χ3n) is 5.77. The van der Waals surface area contributed by atoms with Crippen molar-refractivity contribution < 1.29 is 14.3 Å². The van der Waals surface area contributed by atoms with E-state index in [1.165, 1.54) is 18.2 Å². The minimum atomic E-state index is -0.133. The molecule has 7 nitrogen and oxygen atoms in total. The molecule has 2 aliphatic heterocycles. The summed E-state index contributed by atoms with van der Waals surface area (Å²) in [6, 6.07) is 8.52. The number of morpholine rings is 1. The fourth-order valence-electron chi connectivity index (χ4n) is 4.05. The molecule has 29 heavy (non-hydrogen) atoms. The summed E-state index contributed by atoms with van der Waals surface area (Å²) in [7, 11) is 1.46. The second-order valence-corrected chi connectivity index (χ2v) is 7.84. The van der Waals surface area contributed by atoms with Crippen LogP contribution in [0.4, 0.5) is 0 Å². The minimum absolute atomic E-state index is 0.0996. The van der Waals surface area contributed by atoms with E-state index < -0.39 is 0 Å². The van der Waals surface area contributed by atoms with Gasteiger partial charge in [-0.3, -0.25) is 9.69 Å². The van der Waals surface area contributed by atoms with Crippen LogP contribution in [0.25, 0.3) is 0 Å². The summed E-state index contributed by atoms with van der Waals surface area (Å²) in [5, 5.41) is 3.39. The van der Waals surface area contributed by atoms with Crippen molar-refractivity contribution in [1.82, 2.24) is 15.1 Å². The van der Waals surface area contributed by atoms with E-state index in [2.05, 4.69) is 53.2 Å². The van der Waals surface area contributed by atoms with Gasteiger partial charge in [0.05, 0.1) is 32.8 Å². The van der Waals surface area contributed by atoms with E-state index in [0.29, 0.717) is 13.1 Å². The van der Waals surface area contributed by atoms with Crippen molar-refractivity contribution in [2.24, 2.45) is 16.8 Å². The van der Waals surface area contributed by atoms with Gasteiger partial charge in [-0.2, -0.15) is 0 Å². The summed E-state index contributed by atoms with van der Waals surface area (Å²) in [5.41, 5.74) is 2.56. The zero-order valence-electron chi connectivity index (χ0n) is 17.9. The lowest BCUT2D eigenvalue weighted by molar-refractivity contribution is -0.145. The van der Waals surface area contributed by atoms with Gasteiger partial charge in [-0.05, 0) is 24.0 Å². The first-order chi connectivity index (χ1) is 14.1. The Hall–Kier alpha value is -2.12. The number of nitrogens with one attached hydrogen (secondary N) is 1. The molecule has 7 heteroatoms. The van der Waals surface area contributed by atoms with Crippen LogP contribution in [0.2, 0.25) is 0 Å². The maximum atomic E-state index is 12.0. The third-order valence-corrected chi connectivity index (χ3v) is 5.77. The highest BCUT2D eigenvalue weighted by atomic mass is 16.5. The Morgan fingerprint density at radius 2 is 1.97 bits per heavy atom. The molecule has 1 aromatic rings. The number of nitrogens with zero attached hydrogens (tertiary/aromatic N) is 3. The topological polar surface area (TPSA) is 66.4 Å². The van der Waals surface area contributed by atoms with Crippen LogP contribution >= 0.6 is 0 Å². The predicted octanol–water partition coefficient (Wildman–Crippen LogP) is 1.73. The van der Waals surface area contributed by atoms with E-state index in [-0.39, 0.29) is 17.8 Å². The van der Waals surface area contributed by atoms with Crippen molar-refractivity contribution in [3.05, 3.63) is 35.4 Å². The van der Waals surface area contributed by atoms with Crippen molar-refractivity contribution in [2.45, 2.75) is 26.9 Å². The Labute approximate surface area is 174 Å². The zero-order valence-corrected chi connectivity index (χ0v) is 17.9. The fraction of sp³-hybridized carbons (Fsp3) is 0.636. The molecule has 3 rings (SSSR count). The first-order valence-corrected chi connectivity index (χ1v) is 10.6. The highest BCUT2D eigenvalue weighted by molar-refractivity contribution is 5.82. The summed E-state index contributed by atoms with van der Waals surface area (Å²) in [4.78, 5) is 21.6. The Bertz CT molecular complexity index is 703. The first-order valence-electron chi connectivity index (χ1n) is 10.6. The largest absolute Gasteiger partial charge is 0.469 e. The molecule has 0 bridgehead atoms. The molecular formula is C22H34N4O3. The van der Waals surface area contributed by atoms with E-state index in [4.69, 9.17) is 14.5 Å². The molecule has 1 N–H and O–H groups in total. The van der Waals surface area contributed by atoms with Crippen LogP contribution in [0.3, 0.4) is 0 Å². The van der Waals surface area contributed by atoms with Gasteiger partial charge in [-0.1, -0.05) is 31.2 Å². The van der Waals surface area contributed by atoms with Gasteiger partial charge in [0.25, 0.3) is 0 Å². The average Bonchev–Trinajstić information content (AvgIpc) is 3.13. The van der Waals surface area contributed by atoms with Crippen molar-refractivity contribution in [3.8, 4) is 0 Å². The normalized spacial score (nSPS) is 23.3. The van der Waals surface area contributed by atoms with Gasteiger partial charge >= 0.3 is 5.97 Å².